The summed E-state index contributed by atoms with van der Waals surface area (Å²) in [4.78, 5) is 0.152. The number of nitrogens with zero attached hydrogens (tertiary/aromatic N) is 1. The molecule has 0 spiro atoms. The number of hydrogen-bond donors (Lipinski definition) is 0. The molecule has 2 rings (SSSR count). The van der Waals surface area contributed by atoms with Gasteiger partial charge in [-0.25, -0.2) is 8.42 Å². The van der Waals surface area contributed by atoms with Gasteiger partial charge in [0.1, 0.15) is 0 Å². The number of rotatable bonds is 2. The van der Waals surface area contributed by atoms with Crippen LogP contribution in [0.15, 0.2) is 35.4 Å². The molecular formula is C14H20ClNO2SSi. The third-order valence-corrected chi connectivity index (χ3v) is 11.0. The zero-order chi connectivity index (χ0) is 15.3. The van der Waals surface area contributed by atoms with Gasteiger partial charge in [0.25, 0.3) is 9.05 Å². The second-order valence-electron chi connectivity index (χ2n) is 6.65. The maximum Gasteiger partial charge on any atom is 0.261 e. The summed E-state index contributed by atoms with van der Waals surface area (Å²) >= 11 is 0. The molecule has 0 amide bonds. The molecule has 20 heavy (non-hydrogen) atoms. The minimum atomic E-state index is -3.67. The van der Waals surface area contributed by atoms with E-state index in [1.807, 2.05) is 12.1 Å². The van der Waals surface area contributed by atoms with Gasteiger partial charge in [0, 0.05) is 21.6 Å². The van der Waals surface area contributed by atoms with E-state index in [2.05, 4.69) is 44.3 Å². The molecule has 0 bridgehead atoms. The highest BCUT2D eigenvalue weighted by Gasteiger charge is 2.38. The van der Waals surface area contributed by atoms with Crippen LogP contribution in [-0.4, -0.2) is 20.9 Å². The topological polar surface area (TPSA) is 39.1 Å². The van der Waals surface area contributed by atoms with Crippen molar-refractivity contribution in [3.63, 3.8) is 0 Å². The van der Waals surface area contributed by atoms with Gasteiger partial charge in [-0.15, -0.1) is 0 Å². The van der Waals surface area contributed by atoms with Crippen molar-refractivity contribution in [3.8, 4) is 0 Å². The van der Waals surface area contributed by atoms with E-state index in [0.717, 1.165) is 10.9 Å². The second kappa shape index (κ2) is 4.61. The Labute approximate surface area is 126 Å². The fraction of sp³-hybridized carbons (Fsp3) is 0.429. The Morgan fingerprint density at radius 3 is 2.25 bits per heavy atom. The predicted molar refractivity (Wildman–Crippen MR) is 87.6 cm³/mol. The molecule has 0 fully saturated rings. The van der Waals surface area contributed by atoms with E-state index in [1.54, 1.807) is 12.1 Å². The first kappa shape index (κ1) is 15.6. The summed E-state index contributed by atoms with van der Waals surface area (Å²) in [6.45, 7) is 11.4. The van der Waals surface area contributed by atoms with E-state index >= 15 is 0 Å². The Hall–Kier alpha value is -0.783. The molecule has 1 heterocycles. The largest absolute Gasteiger partial charge is 0.374 e. The van der Waals surface area contributed by atoms with Crippen LogP contribution in [0.2, 0.25) is 18.1 Å². The van der Waals surface area contributed by atoms with Crippen LogP contribution in [0.3, 0.4) is 0 Å². The van der Waals surface area contributed by atoms with E-state index in [1.165, 1.54) is 0 Å². The molecule has 0 aliphatic rings. The molecule has 2 aromatic rings. The minimum Gasteiger partial charge on any atom is -0.374 e. The molecular weight excluding hydrogens is 310 g/mol. The average molecular weight is 330 g/mol. The molecule has 3 nitrogen and oxygen atoms in total. The van der Waals surface area contributed by atoms with E-state index in [-0.39, 0.29) is 9.93 Å². The number of aromatic nitrogens is 1. The average Bonchev–Trinajstić information content (AvgIpc) is 2.68. The van der Waals surface area contributed by atoms with E-state index < -0.39 is 17.3 Å². The van der Waals surface area contributed by atoms with Crippen LogP contribution in [0.25, 0.3) is 10.9 Å². The van der Waals surface area contributed by atoms with E-state index in [4.69, 9.17) is 10.7 Å². The van der Waals surface area contributed by atoms with Crippen LogP contribution in [0.4, 0.5) is 0 Å². The standard InChI is InChI=1S/C14H20ClNO2SSi/c1-14(2,3)20(4,5)16-9-8-11-10-12(19(15,17)18)6-7-13(11)16/h6-10H,1-5H3. The zero-order valence-electron chi connectivity index (χ0n) is 12.4. The van der Waals surface area contributed by atoms with Gasteiger partial charge >= 0.3 is 0 Å². The third-order valence-electron chi connectivity index (χ3n) is 4.38. The predicted octanol–water partition coefficient (Wildman–Crippen LogP) is 4.42. The fourth-order valence-corrected chi connectivity index (χ4v) is 4.88. The monoisotopic (exact) mass is 329 g/mol. The maximum atomic E-state index is 11.4. The maximum absolute atomic E-state index is 11.4. The third kappa shape index (κ3) is 2.54. The number of benzene rings is 1. The molecule has 0 aliphatic carbocycles. The molecule has 1 aromatic carbocycles. The summed E-state index contributed by atoms with van der Waals surface area (Å²) < 4.78 is 25.1. The zero-order valence-corrected chi connectivity index (χ0v) is 15.0. The van der Waals surface area contributed by atoms with Crippen molar-refractivity contribution in [2.24, 2.45) is 0 Å². The van der Waals surface area contributed by atoms with Gasteiger partial charge < -0.3 is 4.23 Å². The van der Waals surface area contributed by atoms with Crippen molar-refractivity contribution in [1.82, 2.24) is 4.23 Å². The van der Waals surface area contributed by atoms with Crippen LogP contribution in [-0.2, 0) is 9.05 Å². The van der Waals surface area contributed by atoms with Crippen molar-refractivity contribution < 1.29 is 8.42 Å². The number of fused-ring (bicyclic) bond motifs is 1. The molecule has 0 radical (unpaired) electrons. The van der Waals surface area contributed by atoms with Gasteiger partial charge in [0.05, 0.1) is 4.90 Å². The normalized spacial score (nSPS) is 13.9. The minimum absolute atomic E-state index is 0.152. The van der Waals surface area contributed by atoms with Gasteiger partial charge in [-0.3, -0.25) is 0 Å². The molecule has 6 heteroatoms. The SMILES string of the molecule is CC(C)(C)[Si](C)(C)n1ccc2cc(S(=O)(=O)Cl)ccc21. The van der Waals surface area contributed by atoms with Gasteiger partial charge in [0.15, 0.2) is 8.24 Å². The molecule has 0 saturated heterocycles. The Bertz CT molecular complexity index is 757. The van der Waals surface area contributed by atoms with Crippen LogP contribution in [0.1, 0.15) is 20.8 Å². The van der Waals surface area contributed by atoms with Crippen LogP contribution in [0.5, 0.6) is 0 Å². The Balaban J connectivity index is 2.66. The first-order valence-electron chi connectivity index (χ1n) is 6.51. The molecule has 110 valence electrons. The van der Waals surface area contributed by atoms with Crippen molar-refractivity contribution in [1.29, 1.82) is 0 Å². The Kier molecular flexibility index (Phi) is 3.60. The fourth-order valence-electron chi connectivity index (χ4n) is 2.12. The highest BCUT2D eigenvalue weighted by Crippen LogP contribution is 2.39. The first-order chi connectivity index (χ1) is 8.94. The Morgan fingerprint density at radius 1 is 1.15 bits per heavy atom. The van der Waals surface area contributed by atoms with Gasteiger partial charge in [-0.2, -0.15) is 0 Å². The van der Waals surface area contributed by atoms with Crippen LogP contribution >= 0.6 is 10.7 Å². The molecule has 0 saturated carbocycles. The summed E-state index contributed by atoms with van der Waals surface area (Å²) in [5.41, 5.74) is 1.07. The summed E-state index contributed by atoms with van der Waals surface area (Å²) in [7, 11) is 0.00548. The quantitative estimate of drug-likeness (QED) is 0.604. The molecule has 0 atom stereocenters. The van der Waals surface area contributed by atoms with Gasteiger partial charge in [-0.1, -0.05) is 33.9 Å². The molecule has 0 N–H and O–H groups in total. The lowest BCUT2D eigenvalue weighted by atomic mass is 10.2. The lowest BCUT2D eigenvalue weighted by Crippen LogP contribution is -2.44. The smallest absolute Gasteiger partial charge is 0.261 e. The van der Waals surface area contributed by atoms with Gasteiger partial charge in [0.2, 0.25) is 0 Å². The summed E-state index contributed by atoms with van der Waals surface area (Å²) in [6.07, 6.45) is 2.06. The van der Waals surface area contributed by atoms with E-state index in [0.29, 0.717) is 0 Å². The number of hydrogen-bond acceptors (Lipinski definition) is 2. The molecule has 0 unspecified atom stereocenters. The second-order valence-corrected chi connectivity index (χ2v) is 14.3. The van der Waals surface area contributed by atoms with Gasteiger partial charge in [-0.05, 0) is 35.5 Å². The lowest BCUT2D eigenvalue weighted by molar-refractivity contribution is 0.609. The van der Waals surface area contributed by atoms with Crippen molar-refractivity contribution in [2.75, 3.05) is 0 Å². The first-order valence-corrected chi connectivity index (χ1v) is 11.8. The van der Waals surface area contributed by atoms with Crippen molar-refractivity contribution in [2.45, 2.75) is 43.8 Å². The Morgan fingerprint density at radius 2 is 1.75 bits per heavy atom. The number of halogens is 1. The van der Waals surface area contributed by atoms with Crippen molar-refractivity contribution >= 4 is 38.9 Å². The van der Waals surface area contributed by atoms with Crippen LogP contribution < -0.4 is 0 Å². The summed E-state index contributed by atoms with van der Waals surface area (Å²) in [5.74, 6) is 0. The highest BCUT2D eigenvalue weighted by molar-refractivity contribution is 8.13. The highest BCUT2D eigenvalue weighted by atomic mass is 35.7. The van der Waals surface area contributed by atoms with E-state index in [9.17, 15) is 8.42 Å². The molecule has 0 aliphatic heterocycles. The molecule has 1 aromatic heterocycles. The lowest BCUT2D eigenvalue weighted by Gasteiger charge is -2.38. The van der Waals surface area contributed by atoms with Crippen LogP contribution in [0, 0.1) is 0 Å². The summed E-state index contributed by atoms with van der Waals surface area (Å²) in [6, 6.07) is 7.03. The summed E-state index contributed by atoms with van der Waals surface area (Å²) in [5, 5.41) is 1.12. The van der Waals surface area contributed by atoms with Crippen molar-refractivity contribution in [3.05, 3.63) is 30.5 Å².